The SMILES string of the molecule is CCCCCc1ccc([C@H]2CC[C@H](c3ccc(F)nc3F)CC2)cc1. The fourth-order valence-electron chi connectivity index (χ4n) is 4.00. The summed E-state index contributed by atoms with van der Waals surface area (Å²) >= 11 is 0. The molecular weight excluding hydrogens is 316 g/mol. The van der Waals surface area contributed by atoms with Crippen LogP contribution in [0.3, 0.4) is 0 Å². The molecule has 0 radical (unpaired) electrons. The normalized spacial score (nSPS) is 20.6. The van der Waals surface area contributed by atoms with Crippen LogP contribution in [-0.4, -0.2) is 4.98 Å². The number of nitrogens with zero attached hydrogens (tertiary/aromatic N) is 1. The van der Waals surface area contributed by atoms with Crippen molar-refractivity contribution >= 4 is 0 Å². The van der Waals surface area contributed by atoms with E-state index in [0.717, 1.165) is 32.1 Å². The summed E-state index contributed by atoms with van der Waals surface area (Å²) < 4.78 is 26.9. The number of hydrogen-bond acceptors (Lipinski definition) is 1. The molecule has 25 heavy (non-hydrogen) atoms. The molecule has 0 unspecified atom stereocenters. The van der Waals surface area contributed by atoms with Crippen molar-refractivity contribution in [3.8, 4) is 0 Å². The Kier molecular flexibility index (Phi) is 6.17. The van der Waals surface area contributed by atoms with Crippen molar-refractivity contribution in [2.45, 2.75) is 70.1 Å². The molecule has 0 atom stereocenters. The van der Waals surface area contributed by atoms with Crippen molar-refractivity contribution in [2.24, 2.45) is 0 Å². The second-order valence-electron chi connectivity index (χ2n) is 7.26. The Bertz CT molecular complexity index is 673. The largest absolute Gasteiger partial charge is 0.218 e. The zero-order valence-corrected chi connectivity index (χ0v) is 15.0. The van der Waals surface area contributed by atoms with Crippen LogP contribution in [0.4, 0.5) is 8.78 Å². The summed E-state index contributed by atoms with van der Waals surface area (Å²) in [5.41, 5.74) is 3.40. The first-order valence-electron chi connectivity index (χ1n) is 9.58. The lowest BCUT2D eigenvalue weighted by molar-refractivity contribution is 0.381. The quantitative estimate of drug-likeness (QED) is 0.429. The summed E-state index contributed by atoms with van der Waals surface area (Å²) in [6.07, 6.45) is 8.95. The predicted octanol–water partition coefficient (Wildman–Crippen LogP) is 6.53. The highest BCUT2D eigenvalue weighted by Crippen LogP contribution is 2.40. The first-order valence-corrected chi connectivity index (χ1v) is 9.58. The summed E-state index contributed by atoms with van der Waals surface area (Å²) in [7, 11) is 0. The van der Waals surface area contributed by atoms with Gasteiger partial charge in [0.25, 0.3) is 0 Å². The Hall–Kier alpha value is -1.77. The number of hydrogen-bond donors (Lipinski definition) is 0. The van der Waals surface area contributed by atoms with Gasteiger partial charge in [-0.1, -0.05) is 44.0 Å². The summed E-state index contributed by atoms with van der Waals surface area (Å²) in [6, 6.07) is 11.9. The summed E-state index contributed by atoms with van der Waals surface area (Å²) in [4.78, 5) is 3.33. The van der Waals surface area contributed by atoms with E-state index in [-0.39, 0.29) is 5.92 Å². The van der Waals surface area contributed by atoms with Crippen LogP contribution in [0.25, 0.3) is 0 Å². The van der Waals surface area contributed by atoms with Gasteiger partial charge in [0, 0.05) is 5.56 Å². The molecule has 3 heteroatoms. The van der Waals surface area contributed by atoms with Gasteiger partial charge in [0.05, 0.1) is 0 Å². The summed E-state index contributed by atoms with van der Waals surface area (Å²) in [5, 5.41) is 0. The summed E-state index contributed by atoms with van der Waals surface area (Å²) in [6.45, 7) is 2.23. The standard InChI is InChI=1S/C22H27F2N/c1-2-3-4-5-16-6-8-17(9-7-16)18-10-12-19(13-11-18)20-14-15-21(23)25-22(20)24/h6-9,14-15,18-19H,2-5,10-13H2,1H3/t18-,19-. The van der Waals surface area contributed by atoms with Crippen LogP contribution in [0.1, 0.15) is 80.4 Å². The Morgan fingerprint density at radius 2 is 1.56 bits per heavy atom. The van der Waals surface area contributed by atoms with Gasteiger partial charge in [-0.05, 0) is 73.6 Å². The molecule has 1 aliphatic carbocycles. The molecule has 0 saturated heterocycles. The lowest BCUT2D eigenvalue weighted by Gasteiger charge is -2.29. The molecule has 0 N–H and O–H groups in total. The summed E-state index contributed by atoms with van der Waals surface area (Å²) in [5.74, 6) is -0.663. The molecule has 0 aliphatic heterocycles. The van der Waals surface area contributed by atoms with E-state index in [0.29, 0.717) is 11.5 Å². The van der Waals surface area contributed by atoms with E-state index in [2.05, 4.69) is 36.2 Å². The minimum Gasteiger partial charge on any atom is -0.190 e. The third kappa shape index (κ3) is 4.65. The third-order valence-electron chi connectivity index (χ3n) is 5.53. The number of unbranched alkanes of at least 4 members (excludes halogenated alkanes) is 2. The van der Waals surface area contributed by atoms with Crippen molar-refractivity contribution in [3.63, 3.8) is 0 Å². The number of aryl methyl sites for hydroxylation is 1. The highest BCUT2D eigenvalue weighted by Gasteiger charge is 2.25. The van der Waals surface area contributed by atoms with Gasteiger partial charge in [0.15, 0.2) is 0 Å². The average Bonchev–Trinajstić information content (AvgIpc) is 2.63. The van der Waals surface area contributed by atoms with E-state index in [1.807, 2.05) is 0 Å². The highest BCUT2D eigenvalue weighted by molar-refractivity contribution is 5.27. The number of halogens is 2. The number of rotatable bonds is 6. The molecule has 1 fully saturated rings. The molecule has 1 aliphatic rings. The van der Waals surface area contributed by atoms with Crippen molar-refractivity contribution in [1.29, 1.82) is 0 Å². The monoisotopic (exact) mass is 343 g/mol. The van der Waals surface area contributed by atoms with E-state index in [1.165, 1.54) is 36.5 Å². The van der Waals surface area contributed by atoms with Crippen LogP contribution in [0.2, 0.25) is 0 Å². The van der Waals surface area contributed by atoms with Crippen molar-refractivity contribution in [1.82, 2.24) is 4.98 Å². The minimum absolute atomic E-state index is 0.165. The smallest absolute Gasteiger partial charge is 0.190 e. The van der Waals surface area contributed by atoms with Crippen LogP contribution in [0, 0.1) is 11.9 Å². The minimum atomic E-state index is -0.742. The Morgan fingerprint density at radius 3 is 2.20 bits per heavy atom. The number of aromatic nitrogens is 1. The van der Waals surface area contributed by atoms with Crippen molar-refractivity contribution < 1.29 is 8.78 Å². The Balaban J connectivity index is 1.56. The van der Waals surface area contributed by atoms with E-state index in [9.17, 15) is 8.78 Å². The van der Waals surface area contributed by atoms with Crippen LogP contribution >= 0.6 is 0 Å². The van der Waals surface area contributed by atoms with E-state index in [4.69, 9.17) is 0 Å². The fraction of sp³-hybridized carbons (Fsp3) is 0.500. The molecule has 1 heterocycles. The highest BCUT2D eigenvalue weighted by atomic mass is 19.1. The average molecular weight is 343 g/mol. The maximum absolute atomic E-state index is 13.9. The molecule has 0 bridgehead atoms. The van der Waals surface area contributed by atoms with E-state index in [1.54, 1.807) is 6.07 Å². The van der Waals surface area contributed by atoms with Crippen LogP contribution < -0.4 is 0 Å². The molecule has 134 valence electrons. The van der Waals surface area contributed by atoms with Gasteiger partial charge in [0.2, 0.25) is 11.9 Å². The van der Waals surface area contributed by atoms with Crippen LogP contribution in [-0.2, 0) is 6.42 Å². The van der Waals surface area contributed by atoms with Crippen LogP contribution in [0.15, 0.2) is 36.4 Å². The Labute approximate surface area is 149 Å². The molecule has 1 nitrogen and oxygen atoms in total. The number of pyridine rings is 1. The fourth-order valence-corrected chi connectivity index (χ4v) is 4.00. The van der Waals surface area contributed by atoms with Gasteiger partial charge in [0.1, 0.15) is 0 Å². The van der Waals surface area contributed by atoms with Gasteiger partial charge in [-0.15, -0.1) is 0 Å². The molecule has 3 rings (SSSR count). The van der Waals surface area contributed by atoms with Crippen LogP contribution in [0.5, 0.6) is 0 Å². The van der Waals surface area contributed by atoms with Gasteiger partial charge in [-0.3, -0.25) is 0 Å². The second-order valence-corrected chi connectivity index (χ2v) is 7.26. The van der Waals surface area contributed by atoms with Gasteiger partial charge in [-0.25, -0.2) is 0 Å². The zero-order valence-electron chi connectivity index (χ0n) is 15.0. The first kappa shape index (κ1) is 18.0. The molecule has 2 aromatic rings. The van der Waals surface area contributed by atoms with Crippen molar-refractivity contribution in [3.05, 3.63) is 65.0 Å². The molecule has 1 saturated carbocycles. The van der Waals surface area contributed by atoms with Crippen molar-refractivity contribution in [2.75, 3.05) is 0 Å². The van der Waals surface area contributed by atoms with E-state index < -0.39 is 11.9 Å². The molecule has 0 spiro atoms. The van der Waals surface area contributed by atoms with Gasteiger partial charge >= 0.3 is 0 Å². The first-order chi connectivity index (χ1) is 12.2. The lowest BCUT2D eigenvalue weighted by atomic mass is 9.76. The lowest BCUT2D eigenvalue weighted by Crippen LogP contribution is -2.14. The maximum Gasteiger partial charge on any atom is 0.218 e. The predicted molar refractivity (Wildman–Crippen MR) is 97.8 cm³/mol. The van der Waals surface area contributed by atoms with E-state index >= 15 is 0 Å². The Morgan fingerprint density at radius 1 is 0.880 bits per heavy atom. The second kappa shape index (κ2) is 8.55. The molecule has 1 aromatic carbocycles. The maximum atomic E-state index is 13.9. The van der Waals surface area contributed by atoms with Gasteiger partial charge in [-0.2, -0.15) is 13.8 Å². The zero-order chi connectivity index (χ0) is 17.6. The topological polar surface area (TPSA) is 12.9 Å². The third-order valence-corrected chi connectivity index (χ3v) is 5.53. The number of benzene rings is 1. The molecule has 1 aromatic heterocycles. The molecule has 0 amide bonds. The molecular formula is C22H27F2N. The van der Waals surface area contributed by atoms with Gasteiger partial charge < -0.3 is 0 Å².